The van der Waals surface area contributed by atoms with Gasteiger partial charge < -0.3 is 9.84 Å². The van der Waals surface area contributed by atoms with Gasteiger partial charge in [-0.15, -0.1) is 0 Å². The van der Waals surface area contributed by atoms with Crippen LogP contribution in [0.1, 0.15) is 28.6 Å². The highest BCUT2D eigenvalue weighted by Gasteiger charge is 2.25. The van der Waals surface area contributed by atoms with E-state index in [1.165, 1.54) is 11.1 Å². The molecule has 1 N–H and O–H groups in total. The Labute approximate surface area is 119 Å². The molecule has 4 nitrogen and oxygen atoms in total. The number of piperazine rings is 1. The summed E-state index contributed by atoms with van der Waals surface area (Å²) in [5, 5.41) is 7.55. The van der Waals surface area contributed by atoms with Crippen molar-refractivity contribution in [2.24, 2.45) is 0 Å². The lowest BCUT2D eigenvalue weighted by Crippen LogP contribution is -2.45. The molecule has 0 spiro atoms. The zero-order valence-corrected chi connectivity index (χ0v) is 12.1. The Morgan fingerprint density at radius 2 is 2.10 bits per heavy atom. The molecule has 1 saturated heterocycles. The molecule has 1 aromatic carbocycles. The predicted octanol–water partition coefficient (Wildman–Crippen LogP) is 2.44. The molecule has 2 aromatic rings. The summed E-state index contributed by atoms with van der Waals surface area (Å²) in [5.41, 5.74) is 3.60. The Morgan fingerprint density at radius 3 is 2.80 bits per heavy atom. The van der Waals surface area contributed by atoms with Gasteiger partial charge >= 0.3 is 0 Å². The van der Waals surface area contributed by atoms with Crippen molar-refractivity contribution in [2.75, 3.05) is 19.6 Å². The SMILES string of the molecule is Cc1noc(C)c1CN1CCNCC1c1ccccc1. The number of aromatic nitrogens is 1. The quantitative estimate of drug-likeness (QED) is 0.931. The van der Waals surface area contributed by atoms with Crippen LogP contribution in [0, 0.1) is 13.8 Å². The fourth-order valence-electron chi connectivity index (χ4n) is 2.87. The average Bonchev–Trinajstić information content (AvgIpc) is 2.81. The summed E-state index contributed by atoms with van der Waals surface area (Å²) in [6, 6.07) is 11.1. The smallest absolute Gasteiger partial charge is 0.138 e. The van der Waals surface area contributed by atoms with Crippen LogP contribution >= 0.6 is 0 Å². The monoisotopic (exact) mass is 271 g/mol. The molecule has 4 heteroatoms. The number of aryl methyl sites for hydroxylation is 2. The van der Waals surface area contributed by atoms with Crippen LogP contribution in [0.25, 0.3) is 0 Å². The van der Waals surface area contributed by atoms with E-state index in [0.29, 0.717) is 6.04 Å². The lowest BCUT2D eigenvalue weighted by atomic mass is 10.0. The van der Waals surface area contributed by atoms with Crippen molar-refractivity contribution in [1.82, 2.24) is 15.4 Å². The second-order valence-corrected chi connectivity index (χ2v) is 5.40. The molecule has 1 aliphatic rings. The van der Waals surface area contributed by atoms with Gasteiger partial charge in [0, 0.05) is 37.8 Å². The maximum Gasteiger partial charge on any atom is 0.138 e. The number of benzene rings is 1. The molecule has 0 radical (unpaired) electrons. The standard InChI is InChI=1S/C16H21N3O/c1-12-15(13(2)20-18-12)11-19-9-8-17-10-16(19)14-6-4-3-5-7-14/h3-7,16-17H,8-11H2,1-2H3. The highest BCUT2D eigenvalue weighted by atomic mass is 16.5. The van der Waals surface area contributed by atoms with E-state index in [2.05, 4.69) is 45.7 Å². The largest absolute Gasteiger partial charge is 0.361 e. The first kappa shape index (κ1) is 13.3. The molecule has 106 valence electrons. The van der Waals surface area contributed by atoms with Crippen LogP contribution in [0.4, 0.5) is 0 Å². The maximum absolute atomic E-state index is 5.29. The topological polar surface area (TPSA) is 41.3 Å². The second kappa shape index (κ2) is 5.77. The summed E-state index contributed by atoms with van der Waals surface area (Å²) >= 11 is 0. The summed E-state index contributed by atoms with van der Waals surface area (Å²) in [5.74, 6) is 0.938. The maximum atomic E-state index is 5.29. The van der Waals surface area contributed by atoms with E-state index in [4.69, 9.17) is 4.52 Å². The fourth-order valence-corrected chi connectivity index (χ4v) is 2.87. The van der Waals surface area contributed by atoms with Gasteiger partial charge in [0.2, 0.25) is 0 Å². The summed E-state index contributed by atoms with van der Waals surface area (Å²) < 4.78 is 5.29. The van der Waals surface area contributed by atoms with E-state index in [-0.39, 0.29) is 0 Å². The van der Waals surface area contributed by atoms with Gasteiger partial charge in [-0.1, -0.05) is 35.5 Å². The minimum atomic E-state index is 0.415. The van der Waals surface area contributed by atoms with Gasteiger partial charge in [-0.3, -0.25) is 4.90 Å². The van der Waals surface area contributed by atoms with E-state index in [0.717, 1.165) is 37.6 Å². The third-order valence-corrected chi connectivity index (χ3v) is 4.08. The lowest BCUT2D eigenvalue weighted by Gasteiger charge is -2.36. The Morgan fingerprint density at radius 1 is 1.30 bits per heavy atom. The molecule has 0 aliphatic carbocycles. The molecule has 1 unspecified atom stereocenters. The molecule has 20 heavy (non-hydrogen) atoms. The van der Waals surface area contributed by atoms with Gasteiger partial charge in [-0.05, 0) is 19.4 Å². The second-order valence-electron chi connectivity index (χ2n) is 5.40. The number of nitrogens with zero attached hydrogens (tertiary/aromatic N) is 2. The van der Waals surface area contributed by atoms with Crippen LogP contribution in [0.3, 0.4) is 0 Å². The van der Waals surface area contributed by atoms with Crippen molar-refractivity contribution in [3.05, 3.63) is 52.9 Å². The zero-order chi connectivity index (χ0) is 13.9. The van der Waals surface area contributed by atoms with Crippen LogP contribution in [0.2, 0.25) is 0 Å². The molecule has 3 rings (SSSR count). The van der Waals surface area contributed by atoms with Crippen molar-refractivity contribution < 1.29 is 4.52 Å². The van der Waals surface area contributed by atoms with Gasteiger partial charge in [0.25, 0.3) is 0 Å². The molecular weight excluding hydrogens is 250 g/mol. The Kier molecular flexibility index (Phi) is 3.85. The fraction of sp³-hybridized carbons (Fsp3) is 0.438. The summed E-state index contributed by atoms with van der Waals surface area (Å²) in [4.78, 5) is 2.51. The Balaban J connectivity index is 1.83. The molecular formula is C16H21N3O. The lowest BCUT2D eigenvalue weighted by molar-refractivity contribution is 0.153. The molecule has 2 heterocycles. The van der Waals surface area contributed by atoms with Crippen molar-refractivity contribution in [3.8, 4) is 0 Å². The summed E-state index contributed by atoms with van der Waals surface area (Å²) in [6.07, 6.45) is 0. The van der Waals surface area contributed by atoms with Crippen molar-refractivity contribution in [3.63, 3.8) is 0 Å². The van der Waals surface area contributed by atoms with Gasteiger partial charge in [0.15, 0.2) is 0 Å². The van der Waals surface area contributed by atoms with Gasteiger partial charge in [0.05, 0.1) is 5.69 Å². The Bertz CT molecular complexity index is 545. The van der Waals surface area contributed by atoms with Crippen LogP contribution in [-0.4, -0.2) is 29.7 Å². The number of nitrogens with one attached hydrogen (secondary N) is 1. The number of hydrogen-bond acceptors (Lipinski definition) is 4. The molecule has 0 bridgehead atoms. The van der Waals surface area contributed by atoms with Crippen LogP contribution < -0.4 is 5.32 Å². The van der Waals surface area contributed by atoms with E-state index in [9.17, 15) is 0 Å². The summed E-state index contributed by atoms with van der Waals surface area (Å²) in [7, 11) is 0. The Hall–Kier alpha value is -1.65. The predicted molar refractivity (Wildman–Crippen MR) is 78.4 cm³/mol. The van der Waals surface area contributed by atoms with E-state index < -0.39 is 0 Å². The van der Waals surface area contributed by atoms with E-state index in [1.54, 1.807) is 0 Å². The third-order valence-electron chi connectivity index (χ3n) is 4.08. The van der Waals surface area contributed by atoms with Gasteiger partial charge in [0.1, 0.15) is 5.76 Å². The first-order chi connectivity index (χ1) is 9.75. The minimum Gasteiger partial charge on any atom is -0.361 e. The van der Waals surface area contributed by atoms with Crippen molar-refractivity contribution >= 4 is 0 Å². The number of rotatable bonds is 3. The summed E-state index contributed by atoms with van der Waals surface area (Å²) in [6.45, 7) is 7.99. The molecule has 1 fully saturated rings. The van der Waals surface area contributed by atoms with Gasteiger partial charge in [-0.25, -0.2) is 0 Å². The normalized spacial score (nSPS) is 20.2. The third kappa shape index (κ3) is 2.62. The first-order valence-corrected chi connectivity index (χ1v) is 7.17. The van der Waals surface area contributed by atoms with Crippen molar-refractivity contribution in [2.45, 2.75) is 26.4 Å². The van der Waals surface area contributed by atoms with E-state index >= 15 is 0 Å². The molecule has 0 amide bonds. The molecule has 1 aromatic heterocycles. The van der Waals surface area contributed by atoms with Crippen molar-refractivity contribution in [1.29, 1.82) is 0 Å². The van der Waals surface area contributed by atoms with Crippen LogP contribution in [0.15, 0.2) is 34.9 Å². The molecule has 1 atom stereocenters. The highest BCUT2D eigenvalue weighted by Crippen LogP contribution is 2.25. The first-order valence-electron chi connectivity index (χ1n) is 7.17. The molecule has 0 saturated carbocycles. The van der Waals surface area contributed by atoms with E-state index in [1.807, 2.05) is 13.8 Å². The van der Waals surface area contributed by atoms with Crippen LogP contribution in [-0.2, 0) is 6.54 Å². The minimum absolute atomic E-state index is 0.415. The molecule has 1 aliphatic heterocycles. The van der Waals surface area contributed by atoms with Crippen LogP contribution in [0.5, 0.6) is 0 Å². The van der Waals surface area contributed by atoms with Gasteiger partial charge in [-0.2, -0.15) is 0 Å². The average molecular weight is 271 g/mol. The zero-order valence-electron chi connectivity index (χ0n) is 12.1. The highest BCUT2D eigenvalue weighted by molar-refractivity contribution is 5.23. The number of hydrogen-bond donors (Lipinski definition) is 1.